The Hall–Kier alpha value is -4.22. The fourth-order valence-electron chi connectivity index (χ4n) is 3.65. The first kappa shape index (κ1) is 23.9. The average molecular weight is 496 g/mol. The van der Waals surface area contributed by atoms with Crippen molar-refractivity contribution in [2.75, 3.05) is 11.6 Å². The topological polar surface area (TPSA) is 78.9 Å². The van der Waals surface area contributed by atoms with Crippen LogP contribution in [0.25, 0.3) is 0 Å². The van der Waals surface area contributed by atoms with Crippen molar-refractivity contribution in [2.24, 2.45) is 0 Å². The number of fused-ring (bicyclic) bond motifs is 1. The smallest absolute Gasteiger partial charge is 0.420 e. The van der Waals surface area contributed by atoms with Gasteiger partial charge in [0.05, 0.1) is 30.0 Å². The molecule has 0 saturated carbocycles. The first-order valence-electron chi connectivity index (χ1n) is 9.87. The number of nitrogens with one attached hydrogen (secondary N) is 1. The van der Waals surface area contributed by atoms with Crippen LogP contribution in [-0.4, -0.2) is 23.7 Å². The third-order valence-corrected chi connectivity index (χ3v) is 5.21. The predicted molar refractivity (Wildman–Crippen MR) is 110 cm³/mol. The van der Waals surface area contributed by atoms with E-state index < -0.39 is 57.9 Å². The van der Waals surface area contributed by atoms with E-state index in [9.17, 15) is 35.9 Å². The molecule has 1 amide bonds. The second-order valence-corrected chi connectivity index (χ2v) is 7.47. The van der Waals surface area contributed by atoms with Gasteiger partial charge in [0.15, 0.2) is 0 Å². The Labute approximate surface area is 193 Å². The van der Waals surface area contributed by atoms with Crippen LogP contribution in [0.2, 0.25) is 0 Å². The van der Waals surface area contributed by atoms with E-state index >= 15 is 0 Å². The maximum Gasteiger partial charge on any atom is 0.420 e. The van der Waals surface area contributed by atoms with Crippen LogP contribution in [0.3, 0.4) is 0 Å². The lowest BCUT2D eigenvalue weighted by molar-refractivity contribution is -0.139. The molecule has 0 unspecified atom stereocenters. The molecular weight excluding hydrogens is 482 g/mol. The summed E-state index contributed by atoms with van der Waals surface area (Å²) in [5, 5.41) is 11.6. The zero-order valence-corrected chi connectivity index (χ0v) is 17.4. The summed E-state index contributed by atoms with van der Waals surface area (Å²) < 4.78 is 87.4. The molecule has 3 aromatic rings. The van der Waals surface area contributed by atoms with Crippen molar-refractivity contribution in [3.8, 4) is 11.5 Å². The van der Waals surface area contributed by atoms with Crippen LogP contribution in [-0.2, 0) is 12.7 Å². The SMILES string of the molecule is O=C1NCN(Cc2c(F)cc(F)cc2F)c2ccc(Oc3cccc(C(=O)O)c3C(F)(F)F)cc21. The van der Waals surface area contributed by atoms with Gasteiger partial charge in [0.1, 0.15) is 34.5 Å². The van der Waals surface area contributed by atoms with Gasteiger partial charge in [-0.25, -0.2) is 18.0 Å². The van der Waals surface area contributed by atoms with E-state index in [-0.39, 0.29) is 30.2 Å². The van der Waals surface area contributed by atoms with E-state index in [2.05, 4.69) is 5.32 Å². The number of aromatic carboxylic acids is 1. The number of carbonyl (C=O) groups excluding carboxylic acids is 1. The van der Waals surface area contributed by atoms with Gasteiger partial charge < -0.3 is 20.1 Å². The molecule has 0 radical (unpaired) electrons. The maximum absolute atomic E-state index is 14.1. The molecule has 0 atom stereocenters. The highest BCUT2D eigenvalue weighted by atomic mass is 19.4. The van der Waals surface area contributed by atoms with E-state index in [1.165, 1.54) is 17.0 Å². The molecule has 0 aromatic heterocycles. The largest absolute Gasteiger partial charge is 0.478 e. The van der Waals surface area contributed by atoms with Crippen LogP contribution in [0.4, 0.5) is 32.0 Å². The summed E-state index contributed by atoms with van der Waals surface area (Å²) in [7, 11) is 0. The number of hydrogen-bond acceptors (Lipinski definition) is 4. The zero-order valence-electron chi connectivity index (χ0n) is 17.4. The van der Waals surface area contributed by atoms with Crippen LogP contribution in [0.1, 0.15) is 31.8 Å². The first-order chi connectivity index (χ1) is 16.5. The van der Waals surface area contributed by atoms with Crippen molar-refractivity contribution < 1.29 is 45.8 Å². The number of carboxylic acids is 1. The summed E-state index contributed by atoms with van der Waals surface area (Å²) in [4.78, 5) is 25.0. The summed E-state index contributed by atoms with van der Waals surface area (Å²) in [5.74, 6) is -6.78. The third kappa shape index (κ3) is 4.72. The minimum absolute atomic E-state index is 0.0698. The summed E-state index contributed by atoms with van der Waals surface area (Å²) in [6.07, 6.45) is -5.05. The monoisotopic (exact) mass is 496 g/mol. The molecule has 12 heteroatoms. The molecule has 0 saturated heterocycles. The number of hydrogen-bond donors (Lipinski definition) is 2. The summed E-state index contributed by atoms with van der Waals surface area (Å²) >= 11 is 0. The minimum atomic E-state index is -5.05. The van der Waals surface area contributed by atoms with Crippen molar-refractivity contribution in [1.29, 1.82) is 0 Å². The molecule has 3 aromatic carbocycles. The summed E-state index contributed by atoms with van der Waals surface area (Å²) in [6.45, 7) is -0.536. The molecular formula is C23H14F6N2O4. The van der Waals surface area contributed by atoms with Gasteiger partial charge in [-0.1, -0.05) is 6.07 Å². The van der Waals surface area contributed by atoms with Gasteiger partial charge >= 0.3 is 12.1 Å². The Morgan fingerprint density at radius 3 is 2.37 bits per heavy atom. The van der Waals surface area contributed by atoms with Gasteiger partial charge in [-0.05, 0) is 30.3 Å². The van der Waals surface area contributed by atoms with Gasteiger partial charge in [-0.15, -0.1) is 0 Å². The molecule has 2 N–H and O–H groups in total. The number of halogens is 6. The molecule has 35 heavy (non-hydrogen) atoms. The fourth-order valence-corrected chi connectivity index (χ4v) is 3.65. The highest BCUT2D eigenvalue weighted by Crippen LogP contribution is 2.41. The number of amides is 1. The van der Waals surface area contributed by atoms with Gasteiger partial charge in [0.2, 0.25) is 0 Å². The number of benzene rings is 3. The summed E-state index contributed by atoms with van der Waals surface area (Å²) in [6, 6.07) is 7.45. The van der Waals surface area contributed by atoms with Crippen molar-refractivity contribution in [2.45, 2.75) is 12.7 Å². The minimum Gasteiger partial charge on any atom is -0.478 e. The lowest BCUT2D eigenvalue weighted by atomic mass is 10.1. The second-order valence-electron chi connectivity index (χ2n) is 7.47. The Kier molecular flexibility index (Phi) is 6.05. The van der Waals surface area contributed by atoms with E-state index in [1.807, 2.05) is 0 Å². The molecule has 4 rings (SSSR count). The molecule has 1 aliphatic heterocycles. The molecule has 6 nitrogen and oxygen atoms in total. The summed E-state index contributed by atoms with van der Waals surface area (Å²) in [5.41, 5.74) is -2.84. The van der Waals surface area contributed by atoms with E-state index in [0.29, 0.717) is 12.1 Å². The van der Waals surface area contributed by atoms with E-state index in [1.54, 1.807) is 0 Å². The van der Waals surface area contributed by atoms with Crippen molar-refractivity contribution in [1.82, 2.24) is 5.32 Å². The van der Waals surface area contributed by atoms with Gasteiger partial charge in [-0.3, -0.25) is 4.79 Å². The van der Waals surface area contributed by atoms with Crippen LogP contribution in [0.5, 0.6) is 11.5 Å². The fraction of sp³-hybridized carbons (Fsp3) is 0.130. The molecule has 0 aliphatic carbocycles. The highest BCUT2D eigenvalue weighted by Gasteiger charge is 2.39. The molecule has 0 spiro atoms. The number of anilines is 1. The number of nitrogens with zero attached hydrogens (tertiary/aromatic N) is 1. The Balaban J connectivity index is 1.69. The standard InChI is InChI=1S/C23H14F6N2O4/c24-11-6-16(25)15(17(26)7-11)9-31-10-30-21(32)14-8-12(4-5-18(14)31)35-19-3-1-2-13(22(33)34)20(19)23(27,28)29/h1-8H,9-10H2,(H,30,32)(H,33,34). The Morgan fingerprint density at radius 2 is 1.74 bits per heavy atom. The predicted octanol–water partition coefficient (Wildman–Crippen LogP) is 5.32. The van der Waals surface area contributed by atoms with E-state index in [4.69, 9.17) is 9.84 Å². The third-order valence-electron chi connectivity index (χ3n) is 5.21. The van der Waals surface area contributed by atoms with Crippen molar-refractivity contribution >= 4 is 17.6 Å². The Bertz CT molecular complexity index is 1320. The first-order valence-corrected chi connectivity index (χ1v) is 9.87. The number of alkyl halides is 3. The molecule has 1 heterocycles. The van der Waals surface area contributed by atoms with Gasteiger partial charge in [0.25, 0.3) is 5.91 Å². The average Bonchev–Trinajstić information content (AvgIpc) is 2.77. The number of carboxylic acid groups (broad SMARTS) is 1. The van der Waals surface area contributed by atoms with Crippen LogP contribution in [0.15, 0.2) is 48.5 Å². The van der Waals surface area contributed by atoms with Gasteiger partial charge in [0, 0.05) is 17.7 Å². The van der Waals surface area contributed by atoms with Crippen LogP contribution < -0.4 is 15.0 Å². The Morgan fingerprint density at radius 1 is 1.06 bits per heavy atom. The molecule has 182 valence electrons. The second kappa shape index (κ2) is 8.85. The highest BCUT2D eigenvalue weighted by molar-refractivity contribution is 6.02. The quantitative estimate of drug-likeness (QED) is 0.468. The van der Waals surface area contributed by atoms with Crippen LogP contribution in [0, 0.1) is 17.5 Å². The molecule has 1 aliphatic rings. The number of carbonyl (C=O) groups is 2. The van der Waals surface area contributed by atoms with Crippen molar-refractivity contribution in [3.63, 3.8) is 0 Å². The van der Waals surface area contributed by atoms with Crippen molar-refractivity contribution in [3.05, 3.63) is 88.2 Å². The number of rotatable bonds is 5. The van der Waals surface area contributed by atoms with Gasteiger partial charge in [-0.2, -0.15) is 13.2 Å². The molecule has 0 bridgehead atoms. The maximum atomic E-state index is 14.1. The zero-order chi connectivity index (χ0) is 25.5. The van der Waals surface area contributed by atoms with E-state index in [0.717, 1.165) is 24.3 Å². The normalized spacial score (nSPS) is 13.3. The van der Waals surface area contributed by atoms with Crippen LogP contribution >= 0.6 is 0 Å². The lowest BCUT2D eigenvalue weighted by Gasteiger charge is -2.31. The lowest BCUT2D eigenvalue weighted by Crippen LogP contribution is -2.43. The molecule has 0 fully saturated rings. The number of ether oxygens (including phenoxy) is 1.